The number of aliphatic imine (C=N–C) groups is 1. The van der Waals surface area contributed by atoms with Crippen molar-refractivity contribution in [2.75, 3.05) is 37.6 Å². The third kappa shape index (κ3) is 2.78. The van der Waals surface area contributed by atoms with E-state index in [-0.39, 0.29) is 23.4 Å². The van der Waals surface area contributed by atoms with Gasteiger partial charge in [-0.3, -0.25) is 9.89 Å². The van der Waals surface area contributed by atoms with Crippen LogP contribution in [0.5, 0.6) is 0 Å². The van der Waals surface area contributed by atoms with E-state index in [0.29, 0.717) is 38.3 Å². The van der Waals surface area contributed by atoms with Crippen molar-refractivity contribution in [1.29, 1.82) is 0 Å². The predicted octanol–water partition coefficient (Wildman–Crippen LogP) is -0.964. The summed E-state index contributed by atoms with van der Waals surface area (Å²) in [6.45, 7) is 1.87. The monoisotopic (exact) mass is 352 g/mol. The number of sulfonamides is 1. The molecule has 2 heterocycles. The first kappa shape index (κ1) is 16.5. The van der Waals surface area contributed by atoms with Gasteiger partial charge in [-0.1, -0.05) is 0 Å². The maximum atomic E-state index is 12.7. The molecule has 9 nitrogen and oxygen atoms in total. The van der Waals surface area contributed by atoms with Gasteiger partial charge in [0, 0.05) is 25.3 Å². The number of urea groups is 1. The molecule has 0 aromatic heterocycles. The Morgan fingerprint density at radius 3 is 2.79 bits per heavy atom. The quantitative estimate of drug-likeness (QED) is 0.641. The van der Waals surface area contributed by atoms with Crippen molar-refractivity contribution in [2.24, 2.45) is 16.5 Å². The number of benzene rings is 1. The van der Waals surface area contributed by atoms with Gasteiger partial charge < -0.3 is 16.8 Å². The fourth-order valence-electron chi connectivity index (χ4n) is 2.84. The Balaban J connectivity index is 1.86. The largest absolute Gasteiger partial charge is 0.369 e. The summed E-state index contributed by atoms with van der Waals surface area (Å²) in [7, 11) is -3.72. The van der Waals surface area contributed by atoms with E-state index in [1.165, 1.54) is 6.07 Å². The average molecular weight is 352 g/mol. The summed E-state index contributed by atoms with van der Waals surface area (Å²) < 4.78 is 26.4. The molecule has 0 unspecified atom stereocenters. The number of carbonyl (C=O) groups excluding carboxylic acids is 1. The molecule has 5 N–H and O–H groups in total. The van der Waals surface area contributed by atoms with Crippen molar-refractivity contribution >= 4 is 27.7 Å². The highest BCUT2D eigenvalue weighted by Gasteiger charge is 2.31. The number of rotatable bonds is 4. The predicted molar refractivity (Wildman–Crippen MR) is 90.3 cm³/mol. The van der Waals surface area contributed by atoms with E-state index in [1.807, 2.05) is 0 Å². The molecule has 24 heavy (non-hydrogen) atoms. The molecule has 10 heteroatoms. The standard InChI is InChI=1S/C14H20N6O3S/c15-4-5-18-14(21)19-7-3-10-9-11(1-2-12(10)19)24(22,23)20-8-6-17-13(20)16/h1-2,9H,3-8,15H2,(H2,16,17)(H,18,21). The molecule has 0 saturated carbocycles. The summed E-state index contributed by atoms with van der Waals surface area (Å²) in [5.41, 5.74) is 12.6. The number of nitrogens with zero attached hydrogens (tertiary/aromatic N) is 3. The minimum absolute atomic E-state index is 0.0123. The number of guanidine groups is 1. The lowest BCUT2D eigenvalue weighted by Gasteiger charge is -2.20. The zero-order chi connectivity index (χ0) is 17.3. The van der Waals surface area contributed by atoms with Crippen LogP contribution >= 0.6 is 0 Å². The van der Waals surface area contributed by atoms with Crippen LogP contribution in [0.3, 0.4) is 0 Å². The van der Waals surface area contributed by atoms with Gasteiger partial charge in [0.05, 0.1) is 18.0 Å². The molecule has 2 amide bonds. The summed E-state index contributed by atoms with van der Waals surface area (Å²) in [4.78, 5) is 17.8. The van der Waals surface area contributed by atoms with Crippen molar-refractivity contribution < 1.29 is 13.2 Å². The van der Waals surface area contributed by atoms with E-state index in [1.54, 1.807) is 17.0 Å². The smallest absolute Gasteiger partial charge is 0.321 e. The molecule has 0 radical (unpaired) electrons. The molecule has 0 atom stereocenters. The number of nitrogens with two attached hydrogens (primary N) is 2. The number of hydrogen-bond donors (Lipinski definition) is 3. The molecule has 0 spiro atoms. The van der Waals surface area contributed by atoms with Crippen LogP contribution in [-0.4, -0.2) is 57.4 Å². The summed E-state index contributed by atoms with van der Waals surface area (Å²) in [6.07, 6.45) is 0.596. The van der Waals surface area contributed by atoms with Crippen LogP contribution in [0.4, 0.5) is 10.5 Å². The van der Waals surface area contributed by atoms with Gasteiger partial charge in [-0.25, -0.2) is 17.5 Å². The molecule has 2 aliphatic rings. The lowest BCUT2D eigenvalue weighted by atomic mass is 10.2. The topological polar surface area (TPSA) is 134 Å². The van der Waals surface area contributed by atoms with Crippen LogP contribution in [0, 0.1) is 0 Å². The van der Waals surface area contributed by atoms with E-state index < -0.39 is 10.0 Å². The summed E-state index contributed by atoms with van der Waals surface area (Å²) in [5, 5.41) is 2.71. The maximum absolute atomic E-state index is 12.7. The lowest BCUT2D eigenvalue weighted by Crippen LogP contribution is -2.41. The van der Waals surface area contributed by atoms with Gasteiger partial charge in [0.25, 0.3) is 10.0 Å². The van der Waals surface area contributed by atoms with Gasteiger partial charge in [0.15, 0.2) is 0 Å². The van der Waals surface area contributed by atoms with Crippen molar-refractivity contribution in [3.63, 3.8) is 0 Å². The van der Waals surface area contributed by atoms with E-state index in [9.17, 15) is 13.2 Å². The number of amides is 2. The fourth-order valence-corrected chi connectivity index (χ4v) is 4.26. The molecule has 1 aromatic rings. The second-order valence-corrected chi connectivity index (χ2v) is 7.39. The number of anilines is 1. The third-order valence-electron chi connectivity index (χ3n) is 4.03. The Bertz CT molecular complexity index is 792. The molecule has 0 bridgehead atoms. The van der Waals surface area contributed by atoms with Crippen molar-refractivity contribution in [3.05, 3.63) is 23.8 Å². The van der Waals surface area contributed by atoms with Gasteiger partial charge in [-0.15, -0.1) is 0 Å². The van der Waals surface area contributed by atoms with Gasteiger partial charge in [0.1, 0.15) is 0 Å². The summed E-state index contributed by atoms with van der Waals surface area (Å²) >= 11 is 0. The first-order valence-electron chi connectivity index (χ1n) is 7.66. The van der Waals surface area contributed by atoms with Crippen LogP contribution in [0.2, 0.25) is 0 Å². The Morgan fingerprint density at radius 1 is 1.33 bits per heavy atom. The van der Waals surface area contributed by atoms with E-state index in [2.05, 4.69) is 10.3 Å². The number of fused-ring (bicyclic) bond motifs is 1. The average Bonchev–Trinajstić information content (AvgIpc) is 3.18. The molecular formula is C14H20N6O3S. The van der Waals surface area contributed by atoms with Crippen molar-refractivity contribution in [3.8, 4) is 0 Å². The van der Waals surface area contributed by atoms with Crippen molar-refractivity contribution in [2.45, 2.75) is 11.3 Å². The molecule has 0 fully saturated rings. The first-order chi connectivity index (χ1) is 11.4. The molecule has 1 aromatic carbocycles. The van der Waals surface area contributed by atoms with Crippen LogP contribution in [0.25, 0.3) is 0 Å². The Hall–Kier alpha value is -2.33. The van der Waals surface area contributed by atoms with E-state index in [4.69, 9.17) is 11.5 Å². The molecule has 2 aliphatic heterocycles. The second kappa shape index (κ2) is 6.29. The van der Waals surface area contributed by atoms with Gasteiger partial charge in [0.2, 0.25) is 5.96 Å². The summed E-state index contributed by atoms with van der Waals surface area (Å²) in [6, 6.07) is 4.52. The zero-order valence-electron chi connectivity index (χ0n) is 13.1. The van der Waals surface area contributed by atoms with Crippen LogP contribution in [0.15, 0.2) is 28.1 Å². The number of hydrogen-bond acceptors (Lipinski definition) is 6. The van der Waals surface area contributed by atoms with Gasteiger partial charge in [-0.2, -0.15) is 0 Å². The van der Waals surface area contributed by atoms with Crippen molar-refractivity contribution in [1.82, 2.24) is 9.62 Å². The molecule has 3 rings (SSSR count). The lowest BCUT2D eigenvalue weighted by molar-refractivity contribution is 0.247. The molecular weight excluding hydrogens is 332 g/mol. The van der Waals surface area contributed by atoms with Crippen LogP contribution in [0.1, 0.15) is 5.56 Å². The molecule has 0 aliphatic carbocycles. The zero-order valence-corrected chi connectivity index (χ0v) is 13.9. The molecule has 0 saturated heterocycles. The Morgan fingerprint density at radius 2 is 2.12 bits per heavy atom. The highest BCUT2D eigenvalue weighted by Crippen LogP contribution is 2.31. The normalized spacial score (nSPS) is 17.0. The van der Waals surface area contributed by atoms with E-state index in [0.717, 1.165) is 9.87 Å². The van der Waals surface area contributed by atoms with Crippen LogP contribution in [-0.2, 0) is 16.4 Å². The number of nitrogens with one attached hydrogen (secondary N) is 1. The van der Waals surface area contributed by atoms with Gasteiger partial charge in [-0.05, 0) is 30.2 Å². The minimum atomic E-state index is -3.72. The maximum Gasteiger partial charge on any atom is 0.321 e. The Labute approximate surface area is 140 Å². The third-order valence-corrected chi connectivity index (χ3v) is 5.83. The first-order valence-corrected chi connectivity index (χ1v) is 9.10. The van der Waals surface area contributed by atoms with Gasteiger partial charge >= 0.3 is 6.03 Å². The highest BCUT2D eigenvalue weighted by atomic mass is 32.2. The van der Waals surface area contributed by atoms with E-state index >= 15 is 0 Å². The molecule has 130 valence electrons. The minimum Gasteiger partial charge on any atom is -0.369 e. The highest BCUT2D eigenvalue weighted by molar-refractivity contribution is 7.89. The SMILES string of the molecule is NCCNC(=O)N1CCc2cc(S(=O)(=O)N3CCN=C3N)ccc21. The Kier molecular flexibility index (Phi) is 4.33. The van der Waals surface area contributed by atoms with Crippen LogP contribution < -0.4 is 21.7 Å². The fraction of sp³-hybridized carbons (Fsp3) is 0.429. The second-order valence-electron chi connectivity index (χ2n) is 5.53. The summed E-state index contributed by atoms with van der Waals surface area (Å²) in [5.74, 6) is 0.0123. The number of carbonyl (C=O) groups is 1.